The molecule has 5 nitrogen and oxygen atoms in total. The van der Waals surface area contributed by atoms with Gasteiger partial charge < -0.3 is 14.0 Å². The van der Waals surface area contributed by atoms with Crippen LogP contribution in [0, 0.1) is 0 Å². The van der Waals surface area contributed by atoms with Gasteiger partial charge in [-0.15, -0.1) is 0 Å². The van der Waals surface area contributed by atoms with Crippen molar-refractivity contribution in [2.45, 2.75) is 0 Å². The van der Waals surface area contributed by atoms with Crippen LogP contribution in [0.2, 0.25) is 0 Å². The Morgan fingerprint density at radius 1 is 0.338 bits per heavy atom. The number of methoxy groups -OCH3 is 2. The van der Waals surface area contributed by atoms with E-state index in [2.05, 4.69) is 223 Å². The highest BCUT2D eigenvalue weighted by Crippen LogP contribution is 2.33. The molecule has 0 spiro atoms. The normalized spacial score (nSPS) is 11.7. The van der Waals surface area contributed by atoms with Crippen LogP contribution in [-0.4, -0.2) is 46.9 Å². The fourth-order valence-electron chi connectivity index (χ4n) is 10.1. The first-order chi connectivity index (χ1) is 32.0. The van der Waals surface area contributed by atoms with E-state index in [0.717, 1.165) is 21.8 Å². The summed E-state index contributed by atoms with van der Waals surface area (Å²) in [5.74, 6) is -1.09. The molecule has 10 aromatic rings. The van der Waals surface area contributed by atoms with Crippen molar-refractivity contribution in [2.24, 2.45) is 0 Å². The third-order valence-corrected chi connectivity index (χ3v) is 22.4. The lowest BCUT2D eigenvalue weighted by Gasteiger charge is -2.34. The maximum Gasteiger partial charge on any atom is 0.337 e. The van der Waals surface area contributed by atoms with E-state index in [1.54, 1.807) is 12.1 Å². The molecule has 1 aromatic heterocycles. The molecule has 0 N–H and O–H groups in total. The molecule has 0 saturated carbocycles. The summed E-state index contributed by atoms with van der Waals surface area (Å²) in [5, 5.41) is 12.2. The number of esters is 2. The molecule has 0 aliphatic carbocycles. The van der Waals surface area contributed by atoms with Crippen molar-refractivity contribution >= 4 is 91.4 Å². The topological polar surface area (TPSA) is 57.5 Å². The second-order valence-corrected chi connectivity index (χ2v) is 23.9. The number of hydrogen-bond acceptors (Lipinski definition) is 4. The van der Waals surface area contributed by atoms with Crippen molar-refractivity contribution < 1.29 is 19.1 Å². The van der Waals surface area contributed by atoms with Crippen LogP contribution in [0.5, 0.6) is 0 Å². The molecule has 10 rings (SSSR count). The van der Waals surface area contributed by atoms with Gasteiger partial charge in [0.15, 0.2) is 16.1 Å². The van der Waals surface area contributed by atoms with Crippen LogP contribution in [0.4, 0.5) is 0 Å². The van der Waals surface area contributed by atoms with Gasteiger partial charge in [-0.25, -0.2) is 9.59 Å². The molecule has 0 aliphatic rings. The third-order valence-electron chi connectivity index (χ3n) is 12.9. The Hall–Kier alpha value is -7.85. The van der Waals surface area contributed by atoms with Crippen LogP contribution in [-0.2, 0) is 9.47 Å². The van der Waals surface area contributed by atoms with Gasteiger partial charge in [0.25, 0.3) is 0 Å². The van der Waals surface area contributed by atoms with Crippen molar-refractivity contribution in [3.63, 3.8) is 0 Å². The van der Waals surface area contributed by atoms with E-state index >= 15 is 0 Å². The average Bonchev–Trinajstić information content (AvgIpc) is 3.71. The van der Waals surface area contributed by atoms with E-state index in [9.17, 15) is 9.59 Å². The molecule has 0 unspecified atom stereocenters. The second kappa shape index (κ2) is 17.4. The summed E-state index contributed by atoms with van der Waals surface area (Å²) < 4.78 is 12.6. The summed E-state index contributed by atoms with van der Waals surface area (Å²) in [6.45, 7) is 0. The Morgan fingerprint density at radius 3 is 0.877 bits per heavy atom. The number of hydrogen-bond donors (Lipinski definition) is 0. The molecule has 0 aliphatic heterocycles. The van der Waals surface area contributed by atoms with Crippen LogP contribution in [0.3, 0.4) is 0 Å². The highest BCUT2D eigenvalue weighted by molar-refractivity contribution is 7.20. The smallest absolute Gasteiger partial charge is 0.337 e. The number of ether oxygens (including phenoxy) is 2. The Kier molecular flexibility index (Phi) is 11.0. The number of aromatic nitrogens is 1. The van der Waals surface area contributed by atoms with Crippen LogP contribution in [0.1, 0.15) is 20.7 Å². The first-order valence-electron chi connectivity index (χ1n) is 21.7. The largest absolute Gasteiger partial charge is 0.465 e. The van der Waals surface area contributed by atoms with Gasteiger partial charge in [-0.05, 0) is 71.8 Å². The van der Waals surface area contributed by atoms with Gasteiger partial charge in [0.05, 0.1) is 36.4 Å². The van der Waals surface area contributed by atoms with Gasteiger partial charge in [-0.3, -0.25) is 0 Å². The lowest BCUT2D eigenvalue weighted by atomic mass is 10.1. The molecule has 0 bridgehead atoms. The maximum atomic E-state index is 13.3. The lowest BCUT2D eigenvalue weighted by Crippen LogP contribution is -2.74. The fourth-order valence-corrected chi connectivity index (χ4v) is 19.7. The van der Waals surface area contributed by atoms with E-state index in [4.69, 9.17) is 9.47 Å². The van der Waals surface area contributed by atoms with Gasteiger partial charge in [0.1, 0.15) is 0 Å². The minimum atomic E-state index is -2.96. The Bertz CT molecular complexity index is 2890. The van der Waals surface area contributed by atoms with Gasteiger partial charge in [-0.1, -0.05) is 206 Å². The monoisotopic (exact) mass is 875 g/mol. The van der Waals surface area contributed by atoms with E-state index in [-0.39, 0.29) is 11.1 Å². The van der Waals surface area contributed by atoms with Crippen molar-refractivity contribution in [1.29, 1.82) is 0 Å². The van der Waals surface area contributed by atoms with E-state index in [0.29, 0.717) is 5.69 Å². The molecular weight excluding hydrogens is 831 g/mol. The number of carbonyl (C=O) groups excluding carboxylic acids is 2. The Morgan fingerprint density at radius 2 is 0.615 bits per heavy atom. The number of fused-ring (bicyclic) bond motifs is 3. The fraction of sp³-hybridized carbons (Fsp3) is 0.0345. The van der Waals surface area contributed by atoms with Gasteiger partial charge >= 0.3 is 11.9 Å². The zero-order valence-electron chi connectivity index (χ0n) is 36.1. The van der Waals surface area contributed by atoms with Crippen LogP contribution in [0.25, 0.3) is 27.5 Å². The second-order valence-electron chi connectivity index (χ2n) is 16.2. The lowest BCUT2D eigenvalue weighted by molar-refractivity contribution is 0.0599. The molecule has 0 radical (unpaired) electrons. The highest BCUT2D eigenvalue weighted by atomic mass is 28.3. The average molecular weight is 876 g/mol. The number of benzene rings is 9. The van der Waals surface area contributed by atoms with Crippen molar-refractivity contribution in [3.8, 4) is 5.69 Å². The highest BCUT2D eigenvalue weighted by Gasteiger charge is 2.43. The predicted octanol–water partition coefficient (Wildman–Crippen LogP) is 7.11. The zero-order valence-corrected chi connectivity index (χ0v) is 38.1. The molecule has 65 heavy (non-hydrogen) atoms. The summed E-state index contributed by atoms with van der Waals surface area (Å²) >= 11 is 0. The van der Waals surface area contributed by atoms with Crippen LogP contribution >= 0.6 is 0 Å². The van der Waals surface area contributed by atoms with Crippen LogP contribution < -0.4 is 41.5 Å². The Labute approximate surface area is 380 Å². The van der Waals surface area contributed by atoms with Gasteiger partial charge in [-0.2, -0.15) is 0 Å². The van der Waals surface area contributed by atoms with Crippen molar-refractivity contribution in [1.82, 2.24) is 4.57 Å². The molecule has 1 heterocycles. The molecule has 7 heteroatoms. The minimum absolute atomic E-state index is 0.251. The van der Waals surface area contributed by atoms with Crippen LogP contribution in [0.15, 0.2) is 237 Å². The molecule has 0 amide bonds. The standard InChI is InChI=1S/C58H45NO4Si2/c1-62-57(60)42-37-43(58(61)63-2)39-44(38-42)59-55-35-33-51(64(45-21-9-3-10-22-45,46-23-11-4-12-24-46)47-25-13-5-14-26-47)40-53(55)54-41-52(34-36-56(54)59)65(48-27-15-6-16-28-48,49-29-17-7-18-30-49)50-31-19-8-20-32-50/h3-41H,1-2H3. The molecule has 314 valence electrons. The predicted molar refractivity (Wildman–Crippen MR) is 271 cm³/mol. The van der Waals surface area contributed by atoms with Gasteiger partial charge in [0.2, 0.25) is 0 Å². The summed E-state index contributed by atoms with van der Waals surface area (Å²) in [6.07, 6.45) is 0. The van der Waals surface area contributed by atoms with Crippen molar-refractivity contribution in [2.75, 3.05) is 14.2 Å². The quantitative estimate of drug-likeness (QED) is 0.0791. The number of carbonyl (C=O) groups is 2. The summed E-state index contributed by atoms with van der Waals surface area (Å²) in [6, 6.07) is 84.7. The molecule has 0 saturated heterocycles. The minimum Gasteiger partial charge on any atom is -0.465 e. The SMILES string of the molecule is COC(=O)c1cc(C(=O)OC)cc(-n2c3ccc([Si](c4ccccc4)(c4ccccc4)c4ccccc4)cc3c3cc([Si](c4ccccc4)(c4ccccc4)c4ccccc4)ccc32)c1. The third kappa shape index (κ3) is 6.93. The van der Waals surface area contributed by atoms with E-state index in [1.165, 1.54) is 61.8 Å². The first kappa shape index (κ1) is 41.2. The zero-order chi connectivity index (χ0) is 44.4. The summed E-state index contributed by atoms with van der Waals surface area (Å²) in [4.78, 5) is 26.5. The van der Waals surface area contributed by atoms with E-state index < -0.39 is 28.1 Å². The molecule has 0 atom stereocenters. The van der Waals surface area contributed by atoms with E-state index in [1.807, 2.05) is 0 Å². The summed E-state index contributed by atoms with van der Waals surface area (Å²) in [7, 11) is -3.23. The molecule has 9 aromatic carbocycles. The van der Waals surface area contributed by atoms with Gasteiger partial charge in [0, 0.05) is 16.5 Å². The number of rotatable bonds is 11. The summed E-state index contributed by atoms with van der Waals surface area (Å²) in [5.41, 5.74) is 3.01. The van der Waals surface area contributed by atoms with Crippen molar-refractivity contribution in [3.05, 3.63) is 248 Å². The Balaban J connectivity index is 1.36. The number of nitrogens with zero attached hydrogens (tertiary/aromatic N) is 1. The first-order valence-corrected chi connectivity index (χ1v) is 25.7. The maximum absolute atomic E-state index is 13.3. The molecule has 0 fully saturated rings. The molecular formula is C58H45NO4Si2.